The predicted octanol–water partition coefficient (Wildman–Crippen LogP) is 4.35. The fourth-order valence-corrected chi connectivity index (χ4v) is 5.50. The molecule has 8 nitrogen and oxygen atoms in total. The van der Waals surface area contributed by atoms with E-state index in [0.29, 0.717) is 29.8 Å². The fourth-order valence-electron chi connectivity index (χ4n) is 5.50. The molecule has 0 aromatic heterocycles. The fraction of sp³-hybridized carbons (Fsp3) is 0.310. The molecule has 1 aliphatic heterocycles. The number of hydrogen-bond acceptors (Lipinski definition) is 6. The number of rotatable bonds is 7. The SMILES string of the molecule is CCOc1cc(/C=C2\C(=O)NC(=O)N([C@@H]3C[C@H]4CC[C@H]3C4)C2=O)ccc1OC(=O)/C=C/c1ccccc1. The Hall–Kier alpha value is -4.20. The lowest BCUT2D eigenvalue weighted by atomic mass is 9.93. The van der Waals surface area contributed by atoms with E-state index in [4.69, 9.17) is 9.47 Å². The minimum Gasteiger partial charge on any atom is -0.490 e. The van der Waals surface area contributed by atoms with Crippen LogP contribution in [0.2, 0.25) is 0 Å². The number of ether oxygens (including phenoxy) is 2. The van der Waals surface area contributed by atoms with E-state index in [9.17, 15) is 19.2 Å². The molecule has 0 radical (unpaired) electrons. The summed E-state index contributed by atoms with van der Waals surface area (Å²) < 4.78 is 11.1. The Morgan fingerprint density at radius 2 is 1.84 bits per heavy atom. The molecule has 2 bridgehead atoms. The van der Waals surface area contributed by atoms with Gasteiger partial charge in [-0.05, 0) is 73.4 Å². The molecule has 3 fully saturated rings. The summed E-state index contributed by atoms with van der Waals surface area (Å²) in [4.78, 5) is 52.1. The van der Waals surface area contributed by atoms with Gasteiger partial charge in [0, 0.05) is 12.1 Å². The molecule has 2 aromatic carbocycles. The topological polar surface area (TPSA) is 102 Å². The van der Waals surface area contributed by atoms with Crippen LogP contribution in [-0.2, 0) is 14.4 Å². The van der Waals surface area contributed by atoms with Crippen LogP contribution in [0.25, 0.3) is 12.2 Å². The number of carbonyl (C=O) groups is 4. The van der Waals surface area contributed by atoms with Crippen molar-refractivity contribution in [3.05, 3.63) is 71.3 Å². The van der Waals surface area contributed by atoms with Crippen LogP contribution in [0.3, 0.4) is 0 Å². The van der Waals surface area contributed by atoms with Crippen LogP contribution in [-0.4, -0.2) is 41.4 Å². The summed E-state index contributed by atoms with van der Waals surface area (Å²) in [5.41, 5.74) is 1.25. The maximum absolute atomic E-state index is 13.3. The van der Waals surface area contributed by atoms with E-state index >= 15 is 0 Å². The Kier molecular flexibility index (Phi) is 6.90. The van der Waals surface area contributed by atoms with E-state index in [0.717, 1.165) is 31.2 Å². The van der Waals surface area contributed by atoms with Gasteiger partial charge in [0.25, 0.3) is 11.8 Å². The monoisotopic (exact) mass is 500 g/mol. The smallest absolute Gasteiger partial charge is 0.336 e. The van der Waals surface area contributed by atoms with Crippen LogP contribution >= 0.6 is 0 Å². The minimum absolute atomic E-state index is 0.111. The van der Waals surface area contributed by atoms with Gasteiger partial charge in [-0.2, -0.15) is 0 Å². The van der Waals surface area contributed by atoms with E-state index < -0.39 is 23.8 Å². The molecule has 5 rings (SSSR count). The zero-order valence-corrected chi connectivity index (χ0v) is 20.5. The van der Waals surface area contributed by atoms with Gasteiger partial charge in [0.05, 0.1) is 6.61 Å². The first-order valence-electron chi connectivity index (χ1n) is 12.5. The maximum Gasteiger partial charge on any atom is 0.336 e. The third kappa shape index (κ3) is 5.18. The number of carbonyl (C=O) groups excluding carboxylic acids is 4. The molecule has 0 spiro atoms. The van der Waals surface area contributed by atoms with Gasteiger partial charge in [0.2, 0.25) is 0 Å². The molecule has 4 amide bonds. The highest BCUT2D eigenvalue weighted by atomic mass is 16.6. The third-order valence-electron chi connectivity index (χ3n) is 7.17. The summed E-state index contributed by atoms with van der Waals surface area (Å²) in [5, 5.41) is 2.32. The van der Waals surface area contributed by atoms with Crippen LogP contribution in [0.1, 0.15) is 43.7 Å². The average Bonchev–Trinajstić information content (AvgIpc) is 3.51. The van der Waals surface area contributed by atoms with Crippen LogP contribution < -0.4 is 14.8 Å². The van der Waals surface area contributed by atoms with Gasteiger partial charge >= 0.3 is 12.0 Å². The summed E-state index contributed by atoms with van der Waals surface area (Å²) in [5.74, 6) is -0.541. The Morgan fingerprint density at radius 3 is 2.54 bits per heavy atom. The number of hydrogen-bond donors (Lipinski definition) is 1. The second kappa shape index (κ2) is 10.4. The van der Waals surface area contributed by atoms with Crippen molar-refractivity contribution in [2.45, 2.75) is 38.6 Å². The quantitative estimate of drug-likeness (QED) is 0.262. The molecule has 1 heterocycles. The molecule has 0 unspecified atom stereocenters. The molecule has 3 atom stereocenters. The standard InChI is InChI=1S/C29H28N2O6/c1-2-36-25-17-20(9-12-24(25)37-26(32)13-10-18-6-4-3-5-7-18)15-22-27(33)30-29(35)31(28(22)34)23-16-19-8-11-21(23)14-19/h3-7,9-10,12-13,15,17,19,21,23H,2,8,11,14,16H2,1H3,(H,30,33,35)/b13-10+,22-15+/t19-,21-,23+/m0/s1. The van der Waals surface area contributed by atoms with Crippen molar-refractivity contribution in [3.63, 3.8) is 0 Å². The molecule has 2 aliphatic carbocycles. The Bertz CT molecular complexity index is 1300. The lowest BCUT2D eigenvalue weighted by Gasteiger charge is -2.35. The van der Waals surface area contributed by atoms with Gasteiger partial charge in [0.15, 0.2) is 11.5 Å². The summed E-state index contributed by atoms with van der Waals surface area (Å²) in [6.45, 7) is 2.11. The first-order valence-corrected chi connectivity index (χ1v) is 12.5. The van der Waals surface area contributed by atoms with E-state index in [1.807, 2.05) is 30.3 Å². The molecule has 1 N–H and O–H groups in total. The largest absolute Gasteiger partial charge is 0.490 e. The molecule has 2 saturated carbocycles. The van der Waals surface area contributed by atoms with Gasteiger partial charge in [-0.3, -0.25) is 19.8 Å². The summed E-state index contributed by atoms with van der Waals surface area (Å²) in [6.07, 6.45) is 8.36. The Balaban J connectivity index is 1.36. The number of esters is 1. The highest BCUT2D eigenvalue weighted by molar-refractivity contribution is 6.31. The summed E-state index contributed by atoms with van der Waals surface area (Å²) in [7, 11) is 0. The van der Waals surface area contributed by atoms with Crippen molar-refractivity contribution < 1.29 is 28.7 Å². The molecule has 2 aromatic rings. The van der Waals surface area contributed by atoms with Crippen molar-refractivity contribution in [2.24, 2.45) is 11.8 Å². The predicted molar refractivity (Wildman–Crippen MR) is 136 cm³/mol. The molecular weight excluding hydrogens is 472 g/mol. The van der Waals surface area contributed by atoms with Crippen molar-refractivity contribution in [3.8, 4) is 11.5 Å². The zero-order valence-electron chi connectivity index (χ0n) is 20.5. The molecule has 8 heteroatoms. The lowest BCUT2D eigenvalue weighted by Crippen LogP contribution is -2.58. The van der Waals surface area contributed by atoms with Crippen LogP contribution in [0.4, 0.5) is 4.79 Å². The van der Waals surface area contributed by atoms with E-state index in [1.165, 1.54) is 17.1 Å². The highest BCUT2D eigenvalue weighted by Gasteiger charge is 2.49. The second-order valence-electron chi connectivity index (χ2n) is 9.54. The number of fused-ring (bicyclic) bond motifs is 2. The highest BCUT2D eigenvalue weighted by Crippen LogP contribution is 2.47. The lowest BCUT2D eigenvalue weighted by molar-refractivity contribution is -0.132. The van der Waals surface area contributed by atoms with Crippen molar-refractivity contribution in [1.82, 2.24) is 10.2 Å². The average molecular weight is 501 g/mol. The van der Waals surface area contributed by atoms with Gasteiger partial charge in [-0.1, -0.05) is 42.8 Å². The summed E-state index contributed by atoms with van der Waals surface area (Å²) in [6, 6.07) is 13.3. The first-order chi connectivity index (χ1) is 17.9. The number of urea groups is 1. The Morgan fingerprint density at radius 1 is 1.03 bits per heavy atom. The van der Waals surface area contributed by atoms with Crippen LogP contribution in [0.5, 0.6) is 11.5 Å². The second-order valence-corrected chi connectivity index (χ2v) is 9.54. The van der Waals surface area contributed by atoms with Gasteiger partial charge in [-0.25, -0.2) is 9.59 Å². The van der Waals surface area contributed by atoms with Crippen LogP contribution in [0.15, 0.2) is 60.2 Å². The van der Waals surface area contributed by atoms with Crippen molar-refractivity contribution in [2.75, 3.05) is 6.61 Å². The number of barbiturate groups is 1. The van der Waals surface area contributed by atoms with Crippen molar-refractivity contribution >= 4 is 36.0 Å². The molecule has 3 aliphatic rings. The summed E-state index contributed by atoms with van der Waals surface area (Å²) >= 11 is 0. The number of imide groups is 2. The number of nitrogens with one attached hydrogen (secondary N) is 1. The molecule has 37 heavy (non-hydrogen) atoms. The van der Waals surface area contributed by atoms with E-state index in [2.05, 4.69) is 5.32 Å². The molecule has 190 valence electrons. The zero-order chi connectivity index (χ0) is 25.9. The maximum atomic E-state index is 13.3. The normalized spacial score (nSPS) is 24.1. The van der Waals surface area contributed by atoms with E-state index in [-0.39, 0.29) is 17.4 Å². The minimum atomic E-state index is -0.728. The third-order valence-corrected chi connectivity index (χ3v) is 7.17. The van der Waals surface area contributed by atoms with Crippen LogP contribution in [0, 0.1) is 11.8 Å². The van der Waals surface area contributed by atoms with Gasteiger partial charge < -0.3 is 9.47 Å². The first kappa shape index (κ1) is 24.5. The number of nitrogens with zero attached hydrogens (tertiary/aromatic N) is 1. The molecular formula is C29H28N2O6. The van der Waals surface area contributed by atoms with Crippen molar-refractivity contribution in [1.29, 1.82) is 0 Å². The number of amides is 4. The Labute approximate surface area is 214 Å². The van der Waals surface area contributed by atoms with Gasteiger partial charge in [0.1, 0.15) is 5.57 Å². The van der Waals surface area contributed by atoms with Gasteiger partial charge in [-0.15, -0.1) is 0 Å². The van der Waals surface area contributed by atoms with E-state index in [1.54, 1.807) is 31.2 Å². The number of benzene rings is 2. The molecule has 1 saturated heterocycles.